The van der Waals surface area contributed by atoms with Crippen LogP contribution in [-0.4, -0.2) is 28.4 Å². The number of nitrogens with zero attached hydrogens (tertiary/aromatic N) is 2. The number of anilines is 1. The number of para-hydroxylation sites is 1. The zero-order chi connectivity index (χ0) is 20.8. The molecular weight excluding hydrogens is 398 g/mol. The van der Waals surface area contributed by atoms with E-state index >= 15 is 0 Å². The Morgan fingerprint density at radius 2 is 2.07 bits per heavy atom. The molecule has 30 heavy (non-hydrogen) atoms. The minimum Gasteiger partial charge on any atom is -0.469 e. The molecule has 7 heteroatoms. The Morgan fingerprint density at radius 3 is 2.80 bits per heavy atom. The molecule has 1 aromatic carbocycles. The van der Waals surface area contributed by atoms with E-state index in [1.54, 1.807) is 24.9 Å². The van der Waals surface area contributed by atoms with Gasteiger partial charge in [-0.15, -0.1) is 11.8 Å². The average molecular weight is 420 g/mol. The lowest BCUT2D eigenvalue weighted by molar-refractivity contribution is 0.0518. The fraction of sp³-hybridized carbons (Fsp3) is 0.217. The molecule has 0 atom stereocenters. The molecule has 152 valence electrons. The van der Waals surface area contributed by atoms with E-state index in [2.05, 4.69) is 0 Å². The van der Waals surface area contributed by atoms with Crippen molar-refractivity contribution in [3.05, 3.63) is 59.7 Å². The van der Waals surface area contributed by atoms with E-state index < -0.39 is 5.97 Å². The third kappa shape index (κ3) is 2.65. The maximum Gasteiger partial charge on any atom is 0.357 e. The van der Waals surface area contributed by atoms with Crippen molar-refractivity contribution < 1.29 is 13.9 Å². The maximum atomic E-state index is 13.1. The summed E-state index contributed by atoms with van der Waals surface area (Å²) in [7, 11) is 0. The third-order valence-corrected chi connectivity index (χ3v) is 6.26. The van der Waals surface area contributed by atoms with Crippen molar-refractivity contribution in [2.75, 3.05) is 18.6 Å². The van der Waals surface area contributed by atoms with E-state index in [0.29, 0.717) is 16.9 Å². The van der Waals surface area contributed by atoms with Crippen LogP contribution >= 0.6 is 11.8 Å². The van der Waals surface area contributed by atoms with E-state index in [-0.39, 0.29) is 6.61 Å². The molecule has 3 heterocycles. The normalized spacial score (nSPS) is 12.6. The van der Waals surface area contributed by atoms with E-state index in [4.69, 9.17) is 19.9 Å². The number of furan rings is 1. The molecule has 0 spiro atoms. The van der Waals surface area contributed by atoms with Gasteiger partial charge in [-0.1, -0.05) is 18.2 Å². The molecule has 6 nitrogen and oxygen atoms in total. The van der Waals surface area contributed by atoms with E-state index in [9.17, 15) is 4.79 Å². The summed E-state index contributed by atoms with van der Waals surface area (Å²) in [5, 5.41) is 1.69. The van der Waals surface area contributed by atoms with Crippen LogP contribution in [0, 0.1) is 0 Å². The number of benzene rings is 1. The van der Waals surface area contributed by atoms with E-state index in [1.807, 2.05) is 47.2 Å². The number of carbonyl (C=O) groups is 1. The molecule has 3 aromatic heterocycles. The van der Waals surface area contributed by atoms with Crippen molar-refractivity contribution in [3.8, 4) is 16.9 Å². The van der Waals surface area contributed by atoms with Crippen LogP contribution in [0.1, 0.15) is 28.7 Å². The predicted octanol–water partition coefficient (Wildman–Crippen LogP) is 4.86. The maximum absolute atomic E-state index is 13.1. The van der Waals surface area contributed by atoms with Crippen molar-refractivity contribution in [1.82, 2.24) is 9.55 Å². The summed E-state index contributed by atoms with van der Waals surface area (Å²) in [6, 6.07) is 11.7. The lowest BCUT2D eigenvalue weighted by Crippen LogP contribution is -2.13. The second-order valence-corrected chi connectivity index (χ2v) is 7.88. The van der Waals surface area contributed by atoms with Crippen molar-refractivity contribution >= 4 is 34.3 Å². The van der Waals surface area contributed by atoms with Gasteiger partial charge >= 0.3 is 5.97 Å². The van der Waals surface area contributed by atoms with Crippen LogP contribution in [0.4, 0.5) is 5.69 Å². The fourth-order valence-electron chi connectivity index (χ4n) is 4.21. The molecule has 0 unspecified atom stereocenters. The van der Waals surface area contributed by atoms with Gasteiger partial charge < -0.3 is 14.9 Å². The number of nitrogens with two attached hydrogens (primary N) is 1. The van der Waals surface area contributed by atoms with Crippen LogP contribution < -0.4 is 5.73 Å². The number of esters is 1. The molecular formula is C23H21N3O3S. The van der Waals surface area contributed by atoms with Gasteiger partial charge in [0.05, 0.1) is 29.0 Å². The van der Waals surface area contributed by atoms with Gasteiger partial charge in [-0.25, -0.2) is 9.78 Å². The Morgan fingerprint density at radius 1 is 1.27 bits per heavy atom. The minimum absolute atomic E-state index is 0.279. The first kappa shape index (κ1) is 18.8. The van der Waals surface area contributed by atoms with Gasteiger partial charge in [0.15, 0.2) is 5.69 Å². The summed E-state index contributed by atoms with van der Waals surface area (Å²) in [5.74, 6) is 0.487. The lowest BCUT2D eigenvalue weighted by Gasteiger charge is -2.17. The SMILES string of the molecule is CCOC(=O)c1c2nc3c(c(N)c2c(SC)n1-c1ccccc1)CCc1occc1-3. The number of ether oxygens (including phenoxy) is 1. The molecule has 4 aromatic rings. The number of nitrogen functional groups attached to an aromatic ring is 1. The second kappa shape index (κ2) is 7.25. The zero-order valence-electron chi connectivity index (χ0n) is 16.8. The van der Waals surface area contributed by atoms with Crippen molar-refractivity contribution in [2.45, 2.75) is 24.8 Å². The van der Waals surface area contributed by atoms with Gasteiger partial charge in [0.2, 0.25) is 0 Å². The van der Waals surface area contributed by atoms with Crippen molar-refractivity contribution in [3.63, 3.8) is 0 Å². The summed E-state index contributed by atoms with van der Waals surface area (Å²) < 4.78 is 13.0. The zero-order valence-corrected chi connectivity index (χ0v) is 17.6. The first-order chi connectivity index (χ1) is 14.7. The molecule has 0 saturated carbocycles. The van der Waals surface area contributed by atoms with Gasteiger partial charge in [0.1, 0.15) is 11.3 Å². The van der Waals surface area contributed by atoms with Crippen LogP contribution in [0.3, 0.4) is 0 Å². The highest BCUT2D eigenvalue weighted by Crippen LogP contribution is 2.44. The number of pyridine rings is 1. The molecule has 5 rings (SSSR count). The first-order valence-electron chi connectivity index (χ1n) is 9.85. The first-order valence-corrected chi connectivity index (χ1v) is 11.1. The predicted molar refractivity (Wildman–Crippen MR) is 118 cm³/mol. The summed E-state index contributed by atoms with van der Waals surface area (Å²) in [4.78, 5) is 18.1. The van der Waals surface area contributed by atoms with Crippen LogP contribution in [0.5, 0.6) is 0 Å². The Balaban J connectivity index is 1.92. The summed E-state index contributed by atoms with van der Waals surface area (Å²) >= 11 is 1.54. The Bertz CT molecular complexity index is 1270. The number of hydrogen-bond acceptors (Lipinski definition) is 6. The highest BCUT2D eigenvalue weighted by atomic mass is 32.2. The number of aromatic nitrogens is 2. The topological polar surface area (TPSA) is 83.3 Å². The number of fused-ring (bicyclic) bond motifs is 4. The molecule has 1 aliphatic carbocycles. The molecule has 0 saturated heterocycles. The van der Waals surface area contributed by atoms with Gasteiger partial charge in [-0.2, -0.15) is 0 Å². The number of rotatable bonds is 4. The number of thioether (sulfide) groups is 1. The monoisotopic (exact) mass is 419 g/mol. The molecule has 0 amide bonds. The largest absolute Gasteiger partial charge is 0.469 e. The van der Waals surface area contributed by atoms with Gasteiger partial charge in [-0.05, 0) is 37.8 Å². The van der Waals surface area contributed by atoms with Gasteiger partial charge in [-0.3, -0.25) is 4.57 Å². The fourth-order valence-corrected chi connectivity index (χ4v) is 5.00. The second-order valence-electron chi connectivity index (χ2n) is 7.08. The third-order valence-electron chi connectivity index (χ3n) is 5.48. The van der Waals surface area contributed by atoms with E-state index in [0.717, 1.165) is 51.5 Å². The smallest absolute Gasteiger partial charge is 0.357 e. The summed E-state index contributed by atoms with van der Waals surface area (Å²) in [6.45, 7) is 2.08. The number of hydrogen-bond donors (Lipinski definition) is 1. The minimum atomic E-state index is -0.415. The molecule has 0 aliphatic heterocycles. The molecule has 2 N–H and O–H groups in total. The van der Waals surface area contributed by atoms with Crippen LogP contribution in [0.2, 0.25) is 0 Å². The molecule has 0 bridgehead atoms. The highest BCUT2D eigenvalue weighted by molar-refractivity contribution is 7.98. The van der Waals surface area contributed by atoms with E-state index in [1.165, 1.54) is 0 Å². The van der Waals surface area contributed by atoms with Gasteiger partial charge in [0, 0.05) is 28.9 Å². The Hall–Kier alpha value is -3.19. The average Bonchev–Trinajstić information content (AvgIpc) is 3.37. The Kier molecular flexibility index (Phi) is 4.55. The Labute approximate surface area is 178 Å². The van der Waals surface area contributed by atoms with Crippen LogP contribution in [0.25, 0.3) is 27.8 Å². The molecule has 1 aliphatic rings. The van der Waals surface area contributed by atoms with Crippen molar-refractivity contribution in [2.24, 2.45) is 0 Å². The van der Waals surface area contributed by atoms with Crippen LogP contribution in [0.15, 0.2) is 52.1 Å². The lowest BCUT2D eigenvalue weighted by atomic mass is 9.92. The quantitative estimate of drug-likeness (QED) is 0.375. The highest BCUT2D eigenvalue weighted by Gasteiger charge is 2.31. The standard InChI is InChI=1S/C23H21N3O3S/c1-3-28-23(27)21-20-17(22(30-2)26(21)13-7-5-4-6-8-13)18(24)15-9-10-16-14(11-12-29-16)19(15)25-20/h4-8,11-12H,3,9-10,24H2,1-2H3. The molecule has 0 fully saturated rings. The van der Waals surface area contributed by atoms with Crippen molar-refractivity contribution in [1.29, 1.82) is 0 Å². The van der Waals surface area contributed by atoms with Gasteiger partial charge in [0.25, 0.3) is 0 Å². The number of carbonyl (C=O) groups excluding carboxylic acids is 1. The molecule has 0 radical (unpaired) electrons. The number of aryl methyl sites for hydroxylation is 1. The summed E-state index contributed by atoms with van der Waals surface area (Å²) in [6.07, 6.45) is 5.20. The van der Waals surface area contributed by atoms with Crippen LogP contribution in [-0.2, 0) is 17.6 Å². The summed E-state index contributed by atoms with van der Waals surface area (Å²) in [5.41, 5.74) is 12.0.